The fraction of sp³-hybridized carbons (Fsp3) is 0.222. The lowest BCUT2D eigenvalue weighted by molar-refractivity contribution is -0.286. The summed E-state index contributed by atoms with van der Waals surface area (Å²) < 4.78 is 34.9. The predicted molar refractivity (Wildman–Crippen MR) is 106 cm³/mol. The molecular formula is C18H16F2N6O3S. The molecule has 3 heterocycles. The van der Waals surface area contributed by atoms with Crippen LogP contribution in [0.1, 0.15) is 10.6 Å². The lowest BCUT2D eigenvalue weighted by Crippen LogP contribution is -2.25. The summed E-state index contributed by atoms with van der Waals surface area (Å²) in [7, 11) is 1.73. The number of aromatic nitrogens is 3. The van der Waals surface area contributed by atoms with Crippen LogP contribution in [0, 0.1) is 0 Å². The third-order valence-corrected chi connectivity index (χ3v) is 4.85. The molecular weight excluding hydrogens is 418 g/mol. The summed E-state index contributed by atoms with van der Waals surface area (Å²) in [5, 5.41) is 8.68. The number of ether oxygens (including phenoxy) is 2. The number of nitrogens with zero attached hydrogens (tertiary/aromatic N) is 3. The molecule has 4 rings (SSSR count). The highest BCUT2D eigenvalue weighted by Gasteiger charge is 2.43. The van der Waals surface area contributed by atoms with E-state index in [4.69, 9.17) is 0 Å². The minimum Gasteiger partial charge on any atom is -0.395 e. The standard InChI is InChI=1S/C18H16F2N6O3S/c1-21-17-22-5-4-11(26-17)8-23-16-14(30-9-24-16)7-15(27)25-10-2-3-12-13(6-10)29-18(19,20)28-12/h2-6,9,23H,7-8H2,1H3,(H,25,27)(H,21,22,26). The lowest BCUT2D eigenvalue weighted by atomic mass is 10.2. The summed E-state index contributed by atoms with van der Waals surface area (Å²) in [6.07, 6.45) is -2.00. The molecule has 3 aromatic rings. The number of fused-ring (bicyclic) bond motifs is 1. The Bertz CT molecular complexity index is 1080. The molecule has 0 fully saturated rings. The van der Waals surface area contributed by atoms with Crippen LogP contribution in [0.25, 0.3) is 0 Å². The highest BCUT2D eigenvalue weighted by molar-refractivity contribution is 7.10. The van der Waals surface area contributed by atoms with Crippen LogP contribution in [-0.2, 0) is 17.8 Å². The summed E-state index contributed by atoms with van der Waals surface area (Å²) in [5.41, 5.74) is 2.71. The van der Waals surface area contributed by atoms with Crippen LogP contribution >= 0.6 is 11.3 Å². The molecule has 2 aromatic heterocycles. The molecule has 156 valence electrons. The summed E-state index contributed by atoms with van der Waals surface area (Å²) in [5.74, 6) is 0.535. The van der Waals surface area contributed by atoms with Crippen molar-refractivity contribution in [1.29, 1.82) is 0 Å². The van der Waals surface area contributed by atoms with Crippen LogP contribution in [0.4, 0.5) is 26.2 Å². The number of carbonyl (C=O) groups is 1. The van der Waals surface area contributed by atoms with Crippen molar-refractivity contribution in [3.63, 3.8) is 0 Å². The summed E-state index contributed by atoms with van der Waals surface area (Å²) in [4.78, 5) is 25.7. The molecule has 3 N–H and O–H groups in total. The van der Waals surface area contributed by atoms with Crippen molar-refractivity contribution < 1.29 is 23.0 Å². The smallest absolute Gasteiger partial charge is 0.395 e. The average Bonchev–Trinajstić information content (AvgIpc) is 3.27. The topological polar surface area (TPSA) is 110 Å². The fourth-order valence-corrected chi connectivity index (χ4v) is 3.44. The number of hydrogen-bond donors (Lipinski definition) is 3. The normalized spacial score (nSPS) is 13.7. The highest BCUT2D eigenvalue weighted by atomic mass is 32.1. The summed E-state index contributed by atoms with van der Waals surface area (Å²) in [6, 6.07) is 5.83. The van der Waals surface area contributed by atoms with Gasteiger partial charge in [-0.15, -0.1) is 20.1 Å². The first-order chi connectivity index (χ1) is 14.4. The molecule has 0 aliphatic carbocycles. The second-order valence-electron chi connectivity index (χ2n) is 6.15. The van der Waals surface area contributed by atoms with Crippen molar-refractivity contribution >= 4 is 34.7 Å². The lowest BCUT2D eigenvalue weighted by Gasteiger charge is -2.08. The first-order valence-electron chi connectivity index (χ1n) is 8.77. The van der Waals surface area contributed by atoms with Gasteiger partial charge < -0.3 is 25.4 Å². The minimum atomic E-state index is -3.70. The molecule has 12 heteroatoms. The van der Waals surface area contributed by atoms with E-state index in [1.807, 2.05) is 0 Å². The van der Waals surface area contributed by atoms with E-state index in [-0.39, 0.29) is 23.8 Å². The largest absolute Gasteiger partial charge is 0.586 e. The van der Waals surface area contributed by atoms with Gasteiger partial charge in [0, 0.05) is 25.0 Å². The zero-order valence-electron chi connectivity index (χ0n) is 15.6. The van der Waals surface area contributed by atoms with Gasteiger partial charge in [0.15, 0.2) is 11.5 Å². The number of carbonyl (C=O) groups excluding carboxylic acids is 1. The first kappa shape index (κ1) is 19.8. The molecule has 1 aliphatic heterocycles. The van der Waals surface area contributed by atoms with E-state index in [1.165, 1.54) is 29.5 Å². The van der Waals surface area contributed by atoms with Crippen molar-refractivity contribution in [2.24, 2.45) is 0 Å². The van der Waals surface area contributed by atoms with E-state index in [1.54, 1.807) is 24.8 Å². The number of thiazole rings is 1. The van der Waals surface area contributed by atoms with Crippen molar-refractivity contribution in [2.75, 3.05) is 23.0 Å². The van der Waals surface area contributed by atoms with E-state index in [9.17, 15) is 13.6 Å². The summed E-state index contributed by atoms with van der Waals surface area (Å²) >= 11 is 1.33. The van der Waals surface area contributed by atoms with Gasteiger partial charge >= 0.3 is 6.29 Å². The zero-order valence-corrected chi connectivity index (χ0v) is 16.4. The van der Waals surface area contributed by atoms with Crippen LogP contribution in [0.2, 0.25) is 0 Å². The van der Waals surface area contributed by atoms with Gasteiger partial charge in [0.05, 0.1) is 29.0 Å². The Balaban J connectivity index is 1.36. The summed E-state index contributed by atoms with van der Waals surface area (Å²) in [6.45, 7) is 0.409. The number of benzene rings is 1. The van der Waals surface area contributed by atoms with E-state index >= 15 is 0 Å². The van der Waals surface area contributed by atoms with E-state index in [0.29, 0.717) is 24.0 Å². The quantitative estimate of drug-likeness (QED) is 0.520. The maximum atomic E-state index is 13.1. The molecule has 1 aromatic carbocycles. The number of hydrogen-bond acceptors (Lipinski definition) is 9. The third kappa shape index (κ3) is 4.54. The van der Waals surface area contributed by atoms with Crippen molar-refractivity contribution in [1.82, 2.24) is 15.0 Å². The highest BCUT2D eigenvalue weighted by Crippen LogP contribution is 2.42. The number of nitrogens with one attached hydrogen (secondary N) is 3. The average molecular weight is 434 g/mol. The Labute approximate surface area is 173 Å². The van der Waals surface area contributed by atoms with Crippen LogP contribution < -0.4 is 25.4 Å². The second kappa shape index (κ2) is 8.06. The fourth-order valence-electron chi connectivity index (χ4n) is 2.71. The van der Waals surface area contributed by atoms with Gasteiger partial charge in [-0.3, -0.25) is 4.79 Å². The van der Waals surface area contributed by atoms with E-state index in [0.717, 1.165) is 10.6 Å². The van der Waals surface area contributed by atoms with Crippen molar-refractivity contribution in [3.05, 3.63) is 46.5 Å². The molecule has 0 bridgehead atoms. The molecule has 30 heavy (non-hydrogen) atoms. The third-order valence-electron chi connectivity index (χ3n) is 4.02. The van der Waals surface area contributed by atoms with Crippen LogP contribution in [-0.4, -0.2) is 34.2 Å². The Morgan fingerprint density at radius 1 is 1.20 bits per heavy atom. The van der Waals surface area contributed by atoms with Gasteiger partial charge in [-0.1, -0.05) is 0 Å². The molecule has 1 amide bonds. The Hall–Kier alpha value is -3.54. The molecule has 9 nitrogen and oxygen atoms in total. The van der Waals surface area contributed by atoms with Crippen LogP contribution in [0.5, 0.6) is 11.5 Å². The van der Waals surface area contributed by atoms with Gasteiger partial charge in [0.25, 0.3) is 0 Å². The number of anilines is 3. The van der Waals surface area contributed by atoms with Gasteiger partial charge in [-0.05, 0) is 18.2 Å². The van der Waals surface area contributed by atoms with Crippen molar-refractivity contribution in [3.8, 4) is 11.5 Å². The van der Waals surface area contributed by atoms with E-state index < -0.39 is 6.29 Å². The Kier molecular flexibility index (Phi) is 5.31. The van der Waals surface area contributed by atoms with Gasteiger partial charge in [0.2, 0.25) is 11.9 Å². The van der Waals surface area contributed by atoms with Crippen molar-refractivity contribution in [2.45, 2.75) is 19.3 Å². The number of rotatable bonds is 7. The molecule has 0 unspecified atom stereocenters. The SMILES string of the molecule is CNc1nccc(CNc2ncsc2CC(=O)Nc2ccc3c(c2)OC(F)(F)O3)n1. The molecule has 0 saturated heterocycles. The monoisotopic (exact) mass is 434 g/mol. The molecule has 0 atom stereocenters. The first-order valence-corrected chi connectivity index (χ1v) is 9.65. The van der Waals surface area contributed by atoms with Gasteiger partial charge in [-0.25, -0.2) is 15.0 Å². The van der Waals surface area contributed by atoms with Crippen LogP contribution in [0.15, 0.2) is 36.0 Å². The van der Waals surface area contributed by atoms with Gasteiger partial charge in [-0.2, -0.15) is 0 Å². The molecule has 0 spiro atoms. The second-order valence-corrected chi connectivity index (χ2v) is 7.09. The Morgan fingerprint density at radius 2 is 2.03 bits per heavy atom. The molecule has 0 radical (unpaired) electrons. The Morgan fingerprint density at radius 3 is 2.87 bits per heavy atom. The zero-order chi connectivity index (χ0) is 21.1. The van der Waals surface area contributed by atoms with Crippen LogP contribution in [0.3, 0.4) is 0 Å². The molecule has 1 aliphatic rings. The number of alkyl halides is 2. The predicted octanol–water partition coefficient (Wildman–Crippen LogP) is 3.09. The maximum Gasteiger partial charge on any atom is 0.586 e. The minimum absolute atomic E-state index is 0.0587. The van der Waals surface area contributed by atoms with Gasteiger partial charge in [0.1, 0.15) is 5.82 Å². The number of amides is 1. The van der Waals surface area contributed by atoms with E-state index in [2.05, 4.69) is 40.4 Å². The molecule has 0 saturated carbocycles. The number of halogens is 2. The maximum absolute atomic E-state index is 13.1.